The zero-order valence-electron chi connectivity index (χ0n) is 10.5. The monoisotopic (exact) mass is 298 g/mol. The average Bonchev–Trinajstić information content (AvgIpc) is 3.03. The lowest BCUT2D eigenvalue weighted by Crippen LogP contribution is -2.14. The van der Waals surface area contributed by atoms with Crippen LogP contribution < -0.4 is 5.32 Å². The van der Waals surface area contributed by atoms with Gasteiger partial charge in [-0.2, -0.15) is 0 Å². The van der Waals surface area contributed by atoms with Crippen LogP contribution in [0.1, 0.15) is 18.4 Å². The van der Waals surface area contributed by atoms with E-state index in [1.165, 1.54) is 17.4 Å². The molecular formula is C11H14N4O2S2. The van der Waals surface area contributed by atoms with Gasteiger partial charge in [0.25, 0.3) is 0 Å². The number of thiophene rings is 1. The second-order valence-electron chi connectivity index (χ2n) is 3.85. The molecule has 2 rings (SSSR count). The molecule has 0 saturated heterocycles. The molecule has 2 heterocycles. The van der Waals surface area contributed by atoms with Gasteiger partial charge in [0, 0.05) is 12.5 Å². The average molecular weight is 298 g/mol. The van der Waals surface area contributed by atoms with Crippen molar-refractivity contribution in [2.24, 2.45) is 0 Å². The third kappa shape index (κ3) is 3.79. The minimum atomic E-state index is -0.382. The lowest BCUT2D eigenvalue weighted by molar-refractivity contribution is -0.380. The van der Waals surface area contributed by atoms with Gasteiger partial charge in [-0.1, -0.05) is 29.6 Å². The summed E-state index contributed by atoms with van der Waals surface area (Å²) >= 11 is 2.64. The molecule has 0 aliphatic heterocycles. The van der Waals surface area contributed by atoms with Crippen molar-refractivity contribution in [1.82, 2.24) is 15.5 Å². The van der Waals surface area contributed by atoms with Gasteiger partial charge in [0.2, 0.25) is 0 Å². The summed E-state index contributed by atoms with van der Waals surface area (Å²) in [5, 5.41) is 24.0. The Labute approximate surface area is 118 Å². The van der Waals surface area contributed by atoms with Gasteiger partial charge in [-0.3, -0.25) is 10.1 Å². The Kier molecular flexibility index (Phi) is 4.94. The second kappa shape index (κ2) is 6.69. The minimum Gasteiger partial charge on any atom is -0.317 e. The molecule has 0 bridgehead atoms. The van der Waals surface area contributed by atoms with E-state index in [9.17, 15) is 10.1 Å². The Morgan fingerprint density at radius 1 is 1.37 bits per heavy atom. The van der Waals surface area contributed by atoms with E-state index in [4.69, 9.17) is 0 Å². The maximum Gasteiger partial charge on any atom is 0.324 e. The Balaban J connectivity index is 1.97. The highest BCUT2D eigenvalue weighted by molar-refractivity contribution is 7.23. The lowest BCUT2D eigenvalue weighted by atomic mass is 10.3. The molecule has 0 unspecified atom stereocenters. The molecule has 1 N–H and O–H groups in total. The summed E-state index contributed by atoms with van der Waals surface area (Å²) in [4.78, 5) is 11.1. The van der Waals surface area contributed by atoms with Gasteiger partial charge in [0.1, 0.15) is 5.01 Å². The number of nitrogens with one attached hydrogen (secondary N) is 1. The summed E-state index contributed by atoms with van der Waals surface area (Å²) in [6.07, 6.45) is 1.91. The van der Waals surface area contributed by atoms with Crippen LogP contribution in [0.5, 0.6) is 0 Å². The Morgan fingerprint density at radius 2 is 2.21 bits per heavy atom. The van der Waals surface area contributed by atoms with Gasteiger partial charge in [-0.25, -0.2) is 0 Å². The molecule has 0 amide bonds. The molecule has 0 aliphatic carbocycles. The predicted octanol–water partition coefficient (Wildman–Crippen LogP) is 2.72. The number of hydrogen-bond acceptors (Lipinski definition) is 7. The highest BCUT2D eigenvalue weighted by Gasteiger charge is 2.14. The van der Waals surface area contributed by atoms with E-state index in [1.54, 1.807) is 6.07 Å². The van der Waals surface area contributed by atoms with Crippen LogP contribution in [0.2, 0.25) is 0 Å². The maximum atomic E-state index is 10.6. The third-order valence-electron chi connectivity index (χ3n) is 2.44. The molecule has 6 nitrogen and oxygen atoms in total. The number of aromatic nitrogens is 2. The van der Waals surface area contributed by atoms with Crippen molar-refractivity contribution in [2.75, 3.05) is 13.1 Å². The fourth-order valence-electron chi connectivity index (χ4n) is 1.54. The molecule has 0 fully saturated rings. The first kappa shape index (κ1) is 14.0. The summed E-state index contributed by atoms with van der Waals surface area (Å²) in [7, 11) is 0. The summed E-state index contributed by atoms with van der Waals surface area (Å²) in [5.74, 6) is 0. The van der Waals surface area contributed by atoms with Crippen LogP contribution in [0.3, 0.4) is 0 Å². The van der Waals surface area contributed by atoms with Crippen molar-refractivity contribution in [3.63, 3.8) is 0 Å². The van der Waals surface area contributed by atoms with Crippen LogP contribution >= 0.6 is 22.7 Å². The van der Waals surface area contributed by atoms with Crippen molar-refractivity contribution in [2.45, 2.75) is 19.8 Å². The highest BCUT2D eigenvalue weighted by Crippen LogP contribution is 2.34. The third-order valence-corrected chi connectivity index (χ3v) is 4.63. The summed E-state index contributed by atoms with van der Waals surface area (Å²) in [6.45, 7) is 4.02. The molecule has 0 radical (unpaired) electrons. The number of aryl methyl sites for hydroxylation is 1. The molecule has 0 spiro atoms. The number of nitro groups is 1. The quantitative estimate of drug-likeness (QED) is 0.483. The topological polar surface area (TPSA) is 81.0 Å². The van der Waals surface area contributed by atoms with E-state index in [0.717, 1.165) is 52.2 Å². The zero-order valence-corrected chi connectivity index (χ0v) is 12.1. The summed E-state index contributed by atoms with van der Waals surface area (Å²) in [6, 6.07) is 3.23. The van der Waals surface area contributed by atoms with Crippen molar-refractivity contribution < 1.29 is 4.92 Å². The minimum absolute atomic E-state index is 0.138. The van der Waals surface area contributed by atoms with Gasteiger partial charge >= 0.3 is 5.00 Å². The van der Waals surface area contributed by atoms with Crippen molar-refractivity contribution in [1.29, 1.82) is 0 Å². The van der Waals surface area contributed by atoms with Crippen molar-refractivity contribution in [3.05, 3.63) is 27.3 Å². The smallest absolute Gasteiger partial charge is 0.317 e. The summed E-state index contributed by atoms with van der Waals surface area (Å²) in [5.41, 5.74) is 0. The van der Waals surface area contributed by atoms with E-state index in [1.807, 2.05) is 0 Å². The van der Waals surface area contributed by atoms with Crippen LogP contribution in [0, 0.1) is 10.1 Å². The Bertz CT molecular complexity index is 552. The van der Waals surface area contributed by atoms with Gasteiger partial charge in [-0.05, 0) is 25.6 Å². The van der Waals surface area contributed by atoms with Crippen LogP contribution in [0.25, 0.3) is 9.88 Å². The maximum absolute atomic E-state index is 10.6. The first-order valence-corrected chi connectivity index (χ1v) is 7.61. The fourth-order valence-corrected chi connectivity index (χ4v) is 3.29. The summed E-state index contributed by atoms with van der Waals surface area (Å²) < 4.78 is 0. The van der Waals surface area contributed by atoms with Gasteiger partial charge in [0.15, 0.2) is 5.01 Å². The molecule has 0 atom stereocenters. The molecule has 102 valence electrons. The highest BCUT2D eigenvalue weighted by atomic mass is 32.1. The second-order valence-corrected chi connectivity index (χ2v) is 5.98. The SMILES string of the molecule is CCNCCCc1nnc(-c2ccc([N+](=O)[O-])s2)s1. The molecule has 19 heavy (non-hydrogen) atoms. The molecule has 8 heteroatoms. The fraction of sp³-hybridized carbons (Fsp3) is 0.455. The zero-order chi connectivity index (χ0) is 13.7. The first-order chi connectivity index (χ1) is 9.20. The number of rotatable bonds is 7. The van der Waals surface area contributed by atoms with Crippen molar-refractivity contribution in [3.8, 4) is 9.88 Å². The van der Waals surface area contributed by atoms with Crippen LogP contribution in [0.15, 0.2) is 12.1 Å². The molecule has 0 aliphatic rings. The van der Waals surface area contributed by atoms with E-state index in [-0.39, 0.29) is 9.92 Å². The standard InChI is InChI=1S/C11H14N4O2S2/c1-2-12-7-3-4-9-13-14-11(19-9)8-5-6-10(18-8)15(16)17/h5-6,12H,2-4,7H2,1H3. The molecule has 0 aromatic carbocycles. The Morgan fingerprint density at radius 3 is 2.89 bits per heavy atom. The van der Waals surface area contributed by atoms with Gasteiger partial charge in [-0.15, -0.1) is 10.2 Å². The number of nitrogens with zero attached hydrogens (tertiary/aromatic N) is 3. The van der Waals surface area contributed by atoms with E-state index >= 15 is 0 Å². The number of hydrogen-bond donors (Lipinski definition) is 1. The largest absolute Gasteiger partial charge is 0.324 e. The predicted molar refractivity (Wildman–Crippen MR) is 76.7 cm³/mol. The normalized spacial score (nSPS) is 10.8. The molecule has 0 saturated carbocycles. The molecule has 2 aromatic heterocycles. The molecule has 2 aromatic rings. The first-order valence-electron chi connectivity index (χ1n) is 5.98. The Hall–Kier alpha value is -1.38. The van der Waals surface area contributed by atoms with Crippen LogP contribution in [0.4, 0.5) is 5.00 Å². The van der Waals surface area contributed by atoms with E-state index in [0.29, 0.717) is 0 Å². The van der Waals surface area contributed by atoms with E-state index < -0.39 is 0 Å². The van der Waals surface area contributed by atoms with Gasteiger partial charge in [0.05, 0.1) is 9.80 Å². The van der Waals surface area contributed by atoms with Crippen LogP contribution in [-0.2, 0) is 6.42 Å². The molecular weight excluding hydrogens is 284 g/mol. The van der Waals surface area contributed by atoms with E-state index in [2.05, 4.69) is 22.4 Å². The van der Waals surface area contributed by atoms with Gasteiger partial charge < -0.3 is 5.32 Å². The van der Waals surface area contributed by atoms with Crippen LogP contribution in [-0.4, -0.2) is 28.2 Å². The lowest BCUT2D eigenvalue weighted by Gasteiger charge is -1.97. The van der Waals surface area contributed by atoms with Crippen molar-refractivity contribution >= 4 is 27.7 Å².